The summed E-state index contributed by atoms with van der Waals surface area (Å²) < 4.78 is 16.9. The van der Waals surface area contributed by atoms with Gasteiger partial charge in [-0.15, -0.1) is 0 Å². The Morgan fingerprint density at radius 1 is 1.11 bits per heavy atom. The number of carbonyl (C=O) groups excluding carboxylic acids is 3. The number of benzene rings is 2. The Hall–Kier alpha value is -3.90. The number of esters is 1. The lowest BCUT2D eigenvalue weighted by molar-refractivity contribution is -0.123. The number of nitrogens with one attached hydrogen (secondary N) is 1. The van der Waals surface area contributed by atoms with Crippen LogP contribution in [0.3, 0.4) is 0 Å². The lowest BCUT2D eigenvalue weighted by Crippen LogP contribution is -2.30. The highest BCUT2D eigenvalue weighted by atomic mass is 79.9. The third kappa shape index (κ3) is 5.92. The first kappa shape index (κ1) is 26.2. The lowest BCUT2D eigenvalue weighted by Gasteiger charge is -2.12. The number of methoxy groups -OCH3 is 1. The monoisotopic (exact) mass is 632 g/mol. The number of hydrogen-bond donors (Lipinski definition) is 2. The van der Waals surface area contributed by atoms with Crippen LogP contribution < -0.4 is 10.1 Å². The predicted octanol–water partition coefficient (Wildman–Crippen LogP) is 4.96. The van der Waals surface area contributed by atoms with Gasteiger partial charge in [0.25, 0.3) is 5.91 Å². The molecule has 0 radical (unpaired) electrons. The van der Waals surface area contributed by atoms with Crippen molar-refractivity contribution in [3.8, 4) is 5.75 Å². The molecule has 2 heterocycles. The largest absolute Gasteiger partial charge is 0.487 e. The molecule has 4 rings (SSSR count). The lowest BCUT2D eigenvalue weighted by atomic mass is 10.1. The Morgan fingerprint density at radius 2 is 1.84 bits per heavy atom. The highest BCUT2D eigenvalue weighted by molar-refractivity contribution is 9.11. The van der Waals surface area contributed by atoms with Crippen LogP contribution in [-0.2, 0) is 22.7 Å². The molecular formula is C25H18Br2N2O8. The molecule has 0 unspecified atom stereocenters. The molecular weight excluding hydrogens is 616 g/mol. The summed E-state index contributed by atoms with van der Waals surface area (Å²) in [7, 11) is 1.22. The number of furan rings is 1. The van der Waals surface area contributed by atoms with Crippen LogP contribution in [0.2, 0.25) is 0 Å². The van der Waals surface area contributed by atoms with E-state index < -0.39 is 23.9 Å². The fourth-order valence-electron chi connectivity index (χ4n) is 3.46. The maximum atomic E-state index is 12.8. The van der Waals surface area contributed by atoms with Crippen LogP contribution in [0.15, 0.2) is 67.6 Å². The molecule has 2 N–H and O–H groups in total. The van der Waals surface area contributed by atoms with Crippen molar-refractivity contribution in [2.45, 2.75) is 13.2 Å². The number of carboxylic acids is 1. The number of urea groups is 1. The Kier molecular flexibility index (Phi) is 7.79. The summed E-state index contributed by atoms with van der Waals surface area (Å²) in [5.41, 5.74) is 1.49. The zero-order valence-corrected chi connectivity index (χ0v) is 22.3. The molecule has 1 aliphatic rings. The van der Waals surface area contributed by atoms with E-state index in [1.54, 1.807) is 24.3 Å². The van der Waals surface area contributed by atoms with Crippen LogP contribution >= 0.6 is 31.9 Å². The number of carbonyl (C=O) groups is 4. The second kappa shape index (κ2) is 11.0. The Labute approximate surface area is 227 Å². The van der Waals surface area contributed by atoms with Gasteiger partial charge in [0, 0.05) is 0 Å². The minimum Gasteiger partial charge on any atom is -0.487 e. The zero-order chi connectivity index (χ0) is 26.7. The third-order valence-electron chi connectivity index (χ3n) is 5.21. The van der Waals surface area contributed by atoms with Gasteiger partial charge in [-0.25, -0.2) is 14.4 Å². The molecule has 3 aromatic rings. The van der Waals surface area contributed by atoms with Crippen molar-refractivity contribution in [1.29, 1.82) is 0 Å². The number of rotatable bonds is 8. The average Bonchev–Trinajstić information content (AvgIpc) is 3.43. The summed E-state index contributed by atoms with van der Waals surface area (Å²) in [5, 5.41) is 11.7. The van der Waals surface area contributed by atoms with Gasteiger partial charge in [-0.05, 0) is 85.5 Å². The molecule has 0 atom stereocenters. The average molecular weight is 634 g/mol. The summed E-state index contributed by atoms with van der Waals surface area (Å²) in [5.74, 6) is -1.57. The van der Waals surface area contributed by atoms with E-state index in [2.05, 4.69) is 41.9 Å². The molecule has 3 amide bonds. The minimum atomic E-state index is -1.02. The first-order chi connectivity index (χ1) is 17.7. The standard InChI is InChI=1S/C25H18Br2N2O8/c1-35-24(33)20-6-5-16(37-20)11-29-22(30)19(28-25(29)34)10-14-8-17(26)21(18(27)9-14)36-12-13-3-2-4-15(7-13)23(31)32/h2-10H,11-12H2,1H3,(H,28,34)(H,31,32)/b19-10-. The SMILES string of the molecule is COC(=O)c1ccc(CN2C(=O)N/C(=C\c3cc(Br)c(OCc4cccc(C(=O)O)c4)c(Br)c3)C2=O)o1. The van der Waals surface area contributed by atoms with E-state index in [9.17, 15) is 19.2 Å². The molecule has 0 bridgehead atoms. The second-order valence-electron chi connectivity index (χ2n) is 7.74. The first-order valence-corrected chi connectivity index (χ1v) is 12.2. The third-order valence-corrected chi connectivity index (χ3v) is 6.39. The number of aromatic carboxylic acids is 1. The van der Waals surface area contributed by atoms with E-state index in [0.717, 1.165) is 4.90 Å². The van der Waals surface area contributed by atoms with Crippen LogP contribution in [0.5, 0.6) is 5.75 Å². The molecule has 37 heavy (non-hydrogen) atoms. The molecule has 10 nitrogen and oxygen atoms in total. The van der Waals surface area contributed by atoms with Gasteiger partial charge in [0.15, 0.2) is 0 Å². The van der Waals surface area contributed by atoms with Crippen molar-refractivity contribution in [3.63, 3.8) is 0 Å². The van der Waals surface area contributed by atoms with Gasteiger partial charge < -0.3 is 24.3 Å². The molecule has 190 valence electrons. The first-order valence-electron chi connectivity index (χ1n) is 10.6. The summed E-state index contributed by atoms with van der Waals surface area (Å²) in [6.45, 7) is -0.0328. The van der Waals surface area contributed by atoms with Crippen molar-refractivity contribution in [1.82, 2.24) is 10.2 Å². The molecule has 0 saturated carbocycles. The van der Waals surface area contributed by atoms with Crippen molar-refractivity contribution in [3.05, 3.63) is 91.4 Å². The molecule has 1 saturated heterocycles. The number of halogens is 2. The summed E-state index contributed by atoms with van der Waals surface area (Å²) in [4.78, 5) is 48.9. The number of nitrogens with zero attached hydrogens (tertiary/aromatic N) is 1. The molecule has 1 aliphatic heterocycles. The van der Waals surface area contributed by atoms with Gasteiger partial charge in [-0.1, -0.05) is 12.1 Å². The predicted molar refractivity (Wildman–Crippen MR) is 137 cm³/mol. The van der Waals surface area contributed by atoms with Crippen LogP contribution in [-0.4, -0.2) is 41.0 Å². The quantitative estimate of drug-likeness (QED) is 0.202. The fraction of sp³-hybridized carbons (Fsp3) is 0.120. The van der Waals surface area contributed by atoms with E-state index >= 15 is 0 Å². The zero-order valence-electron chi connectivity index (χ0n) is 19.1. The van der Waals surface area contributed by atoms with Crippen molar-refractivity contribution in [2.75, 3.05) is 7.11 Å². The maximum Gasteiger partial charge on any atom is 0.373 e. The molecule has 1 aromatic heterocycles. The number of imide groups is 1. The van der Waals surface area contributed by atoms with Gasteiger partial charge >= 0.3 is 18.0 Å². The Morgan fingerprint density at radius 3 is 2.51 bits per heavy atom. The highest BCUT2D eigenvalue weighted by Crippen LogP contribution is 2.36. The van der Waals surface area contributed by atoms with E-state index in [1.165, 1.54) is 37.5 Å². The normalized spacial score (nSPS) is 14.1. The number of ether oxygens (including phenoxy) is 2. The maximum absolute atomic E-state index is 12.8. The Bertz CT molecular complexity index is 1420. The van der Waals surface area contributed by atoms with E-state index in [4.69, 9.17) is 14.3 Å². The number of carboxylic acid groups (broad SMARTS) is 1. The highest BCUT2D eigenvalue weighted by Gasteiger charge is 2.34. The number of hydrogen-bond acceptors (Lipinski definition) is 7. The molecule has 2 aromatic carbocycles. The van der Waals surface area contributed by atoms with Gasteiger partial charge in [-0.3, -0.25) is 9.69 Å². The van der Waals surface area contributed by atoms with Crippen LogP contribution in [0.25, 0.3) is 6.08 Å². The number of amides is 3. The molecule has 12 heteroatoms. The van der Waals surface area contributed by atoms with E-state index in [-0.39, 0.29) is 35.9 Å². The van der Waals surface area contributed by atoms with Gasteiger partial charge in [0.2, 0.25) is 5.76 Å². The van der Waals surface area contributed by atoms with Crippen molar-refractivity contribution < 1.29 is 38.2 Å². The van der Waals surface area contributed by atoms with Gasteiger partial charge in [0.05, 0.1) is 28.2 Å². The Balaban J connectivity index is 1.47. The summed E-state index contributed by atoms with van der Waals surface area (Å²) >= 11 is 6.90. The molecule has 1 fully saturated rings. The van der Waals surface area contributed by atoms with Gasteiger partial charge in [0.1, 0.15) is 23.8 Å². The smallest absolute Gasteiger partial charge is 0.373 e. The van der Waals surface area contributed by atoms with Gasteiger partial charge in [-0.2, -0.15) is 0 Å². The molecule has 0 aliphatic carbocycles. The minimum absolute atomic E-state index is 0.0353. The fourth-order valence-corrected chi connectivity index (χ4v) is 4.91. The second-order valence-corrected chi connectivity index (χ2v) is 9.45. The summed E-state index contributed by atoms with van der Waals surface area (Å²) in [6.07, 6.45) is 1.51. The van der Waals surface area contributed by atoms with Crippen LogP contribution in [0.1, 0.15) is 37.8 Å². The topological polar surface area (TPSA) is 135 Å². The van der Waals surface area contributed by atoms with Crippen molar-refractivity contribution >= 4 is 61.8 Å². The summed E-state index contributed by atoms with van der Waals surface area (Å²) in [6, 6.07) is 12.1. The van der Waals surface area contributed by atoms with Crippen LogP contribution in [0.4, 0.5) is 4.79 Å². The molecule has 0 spiro atoms. The van der Waals surface area contributed by atoms with E-state index in [0.29, 0.717) is 25.8 Å². The van der Waals surface area contributed by atoms with Crippen molar-refractivity contribution in [2.24, 2.45) is 0 Å². The van der Waals surface area contributed by atoms with E-state index in [1.807, 2.05) is 0 Å². The van der Waals surface area contributed by atoms with Crippen LogP contribution in [0, 0.1) is 0 Å².